The van der Waals surface area contributed by atoms with Gasteiger partial charge >= 0.3 is 0 Å². The molecule has 0 spiro atoms. The summed E-state index contributed by atoms with van der Waals surface area (Å²) < 4.78 is 30.0. The fraction of sp³-hybridized carbons (Fsp3) is 0.500. The molecule has 1 aliphatic rings. The van der Waals surface area contributed by atoms with Crippen LogP contribution in [0.2, 0.25) is 0 Å². The van der Waals surface area contributed by atoms with Gasteiger partial charge in [0, 0.05) is 31.0 Å². The van der Waals surface area contributed by atoms with Crippen molar-refractivity contribution in [2.24, 2.45) is 0 Å². The number of nitriles is 1. The number of thioether (sulfide) groups is 1. The zero-order valence-electron chi connectivity index (χ0n) is 10.4. The van der Waals surface area contributed by atoms with Crippen LogP contribution in [0, 0.1) is 11.3 Å². The van der Waals surface area contributed by atoms with E-state index in [1.165, 1.54) is 6.07 Å². The fourth-order valence-electron chi connectivity index (χ4n) is 1.91. The van der Waals surface area contributed by atoms with Crippen LogP contribution in [0.25, 0.3) is 0 Å². The van der Waals surface area contributed by atoms with Gasteiger partial charge in [0.15, 0.2) is 0 Å². The molecule has 2 rings (SSSR count). The van der Waals surface area contributed by atoms with Crippen molar-refractivity contribution in [3.05, 3.63) is 16.3 Å². The summed E-state index contributed by atoms with van der Waals surface area (Å²) in [6.07, 6.45) is 0.801. The zero-order chi connectivity index (χ0) is 14.6. The summed E-state index contributed by atoms with van der Waals surface area (Å²) in [6, 6.07) is 3.59. The van der Waals surface area contributed by atoms with Crippen LogP contribution in [0.5, 0.6) is 0 Å². The number of nitrogens with one attached hydrogen (secondary N) is 1. The van der Waals surface area contributed by atoms with Gasteiger partial charge in [0.05, 0.1) is 6.07 Å². The molecule has 1 aliphatic heterocycles. The molecular formula is C12H12F2N2O2S2. The van der Waals surface area contributed by atoms with Crippen LogP contribution < -0.4 is 5.32 Å². The van der Waals surface area contributed by atoms with Crippen molar-refractivity contribution in [2.45, 2.75) is 29.0 Å². The van der Waals surface area contributed by atoms with Crippen molar-refractivity contribution in [3.8, 4) is 6.07 Å². The van der Waals surface area contributed by atoms with Gasteiger partial charge < -0.3 is 10.1 Å². The summed E-state index contributed by atoms with van der Waals surface area (Å²) in [6.45, 7) is 0.799. The minimum Gasteiger partial charge on any atom is -0.381 e. The average molecular weight is 318 g/mol. The highest BCUT2D eigenvalue weighted by Crippen LogP contribution is 2.32. The first-order chi connectivity index (χ1) is 9.56. The highest BCUT2D eigenvalue weighted by Gasteiger charge is 2.35. The molecule has 8 heteroatoms. The first-order valence-electron chi connectivity index (χ1n) is 5.90. The highest BCUT2D eigenvalue weighted by atomic mass is 32.2. The third kappa shape index (κ3) is 3.48. The molecule has 0 saturated carbocycles. The predicted molar refractivity (Wildman–Crippen MR) is 72.0 cm³/mol. The maximum atomic E-state index is 12.4. The number of thiophene rings is 1. The molecule has 108 valence electrons. The average Bonchev–Trinajstić information content (AvgIpc) is 2.87. The molecule has 1 amide bonds. The molecule has 1 aromatic rings. The minimum absolute atomic E-state index is 0.219. The highest BCUT2D eigenvalue weighted by molar-refractivity contribution is 7.99. The molecule has 1 fully saturated rings. The van der Waals surface area contributed by atoms with Gasteiger partial charge in [-0.25, -0.2) is 0 Å². The summed E-state index contributed by atoms with van der Waals surface area (Å²) in [5.41, 5.74) is -0.966. The Balaban J connectivity index is 2.12. The van der Waals surface area contributed by atoms with E-state index >= 15 is 0 Å². The number of hydrogen-bond acceptors (Lipinski definition) is 5. The van der Waals surface area contributed by atoms with Gasteiger partial charge in [-0.3, -0.25) is 4.79 Å². The molecule has 4 nitrogen and oxygen atoms in total. The molecule has 0 aromatic carbocycles. The predicted octanol–water partition coefficient (Wildman–Crippen LogP) is 2.87. The van der Waals surface area contributed by atoms with E-state index in [2.05, 4.69) is 11.4 Å². The van der Waals surface area contributed by atoms with Crippen molar-refractivity contribution in [1.29, 1.82) is 5.26 Å². The van der Waals surface area contributed by atoms with Crippen molar-refractivity contribution < 1.29 is 18.3 Å². The summed E-state index contributed by atoms with van der Waals surface area (Å²) in [5, 5.41) is 13.5. The molecule has 0 aliphatic carbocycles. The van der Waals surface area contributed by atoms with E-state index < -0.39 is 17.2 Å². The Kier molecular flexibility index (Phi) is 4.96. The number of ether oxygens (including phenoxy) is 1. The molecule has 0 bridgehead atoms. The third-order valence-electron chi connectivity index (χ3n) is 2.96. The van der Waals surface area contributed by atoms with Gasteiger partial charge in [0.25, 0.3) is 11.7 Å². The van der Waals surface area contributed by atoms with Gasteiger partial charge in [-0.15, -0.1) is 11.3 Å². The summed E-state index contributed by atoms with van der Waals surface area (Å²) in [5.74, 6) is -3.06. The summed E-state index contributed by atoms with van der Waals surface area (Å²) in [4.78, 5) is 12.6. The molecule has 0 atom stereocenters. The molecule has 1 saturated heterocycles. The Morgan fingerprint density at radius 2 is 2.25 bits per heavy atom. The first kappa shape index (κ1) is 15.2. The lowest BCUT2D eigenvalue weighted by molar-refractivity contribution is 0.0532. The third-order valence-corrected chi connectivity index (χ3v) is 4.78. The number of nitrogens with zero attached hydrogens (tertiary/aromatic N) is 1. The van der Waals surface area contributed by atoms with E-state index in [-0.39, 0.29) is 9.77 Å². The molecule has 0 radical (unpaired) electrons. The number of alkyl halides is 2. The normalized spacial score (nSPS) is 17.7. The number of carbonyl (C=O) groups is 1. The standard InChI is InChI=1S/C12H12F2N2O2S2/c13-11(14)20-8-1-6-19-9(8)10(17)16-12(7-15)2-4-18-5-3-12/h1,6,11H,2-5H2,(H,16,17). The van der Waals surface area contributed by atoms with E-state index in [1.807, 2.05) is 0 Å². The van der Waals surface area contributed by atoms with Crippen LogP contribution in [-0.4, -0.2) is 30.4 Å². The second-order valence-corrected chi connectivity index (χ2v) is 6.20. The quantitative estimate of drug-likeness (QED) is 0.867. The molecular weight excluding hydrogens is 306 g/mol. The molecule has 20 heavy (non-hydrogen) atoms. The van der Waals surface area contributed by atoms with E-state index in [1.54, 1.807) is 5.38 Å². The Labute approximate surface area is 123 Å². The van der Waals surface area contributed by atoms with Crippen molar-refractivity contribution in [2.75, 3.05) is 13.2 Å². The maximum absolute atomic E-state index is 12.4. The molecule has 1 aromatic heterocycles. The maximum Gasteiger partial charge on any atom is 0.288 e. The van der Waals surface area contributed by atoms with Crippen molar-refractivity contribution in [3.63, 3.8) is 0 Å². The monoisotopic (exact) mass is 318 g/mol. The van der Waals surface area contributed by atoms with Crippen LogP contribution in [0.15, 0.2) is 16.3 Å². The fourth-order valence-corrected chi connectivity index (χ4v) is 3.51. The van der Waals surface area contributed by atoms with Crippen molar-refractivity contribution in [1.82, 2.24) is 5.32 Å². The minimum atomic E-state index is -2.58. The van der Waals surface area contributed by atoms with Gasteiger partial charge in [-0.05, 0) is 11.4 Å². The molecule has 0 unspecified atom stereocenters. The Morgan fingerprint density at radius 3 is 2.85 bits per heavy atom. The number of rotatable bonds is 4. The van der Waals surface area contributed by atoms with E-state index in [9.17, 15) is 18.8 Å². The Hall–Kier alpha value is -1.17. The van der Waals surface area contributed by atoms with Gasteiger partial charge in [0.1, 0.15) is 10.4 Å². The smallest absolute Gasteiger partial charge is 0.288 e. The molecule has 1 N–H and O–H groups in total. The van der Waals surface area contributed by atoms with Gasteiger partial charge in [-0.2, -0.15) is 14.0 Å². The number of carbonyl (C=O) groups excluding carboxylic acids is 1. The second kappa shape index (κ2) is 6.52. The van der Waals surface area contributed by atoms with Crippen LogP contribution in [-0.2, 0) is 4.74 Å². The van der Waals surface area contributed by atoms with Crippen LogP contribution in [0.4, 0.5) is 8.78 Å². The Bertz CT molecular complexity index is 522. The number of hydrogen-bond donors (Lipinski definition) is 1. The number of halogens is 2. The van der Waals surface area contributed by atoms with Crippen LogP contribution in [0.1, 0.15) is 22.5 Å². The lowest BCUT2D eigenvalue weighted by Gasteiger charge is -2.31. The summed E-state index contributed by atoms with van der Waals surface area (Å²) in [7, 11) is 0. The first-order valence-corrected chi connectivity index (χ1v) is 7.66. The van der Waals surface area contributed by atoms with Crippen LogP contribution in [0.3, 0.4) is 0 Å². The van der Waals surface area contributed by atoms with Crippen molar-refractivity contribution >= 4 is 29.0 Å². The summed E-state index contributed by atoms with van der Waals surface area (Å²) >= 11 is 1.43. The van der Waals surface area contributed by atoms with Crippen LogP contribution >= 0.6 is 23.1 Å². The Morgan fingerprint density at radius 1 is 1.55 bits per heavy atom. The van der Waals surface area contributed by atoms with Gasteiger partial charge in [0.2, 0.25) is 0 Å². The zero-order valence-corrected chi connectivity index (χ0v) is 12.0. The largest absolute Gasteiger partial charge is 0.381 e. The number of amides is 1. The SMILES string of the molecule is N#CC1(NC(=O)c2sccc2SC(F)F)CCOCC1. The second-order valence-electron chi connectivity index (χ2n) is 4.25. The van der Waals surface area contributed by atoms with Gasteiger partial charge in [-0.1, -0.05) is 11.8 Å². The topological polar surface area (TPSA) is 62.1 Å². The lowest BCUT2D eigenvalue weighted by Crippen LogP contribution is -2.50. The van der Waals surface area contributed by atoms with E-state index in [0.717, 1.165) is 11.3 Å². The van der Waals surface area contributed by atoms with E-state index in [0.29, 0.717) is 37.8 Å². The van der Waals surface area contributed by atoms with E-state index in [4.69, 9.17) is 4.74 Å². The lowest BCUT2D eigenvalue weighted by atomic mass is 9.92. The molecule has 2 heterocycles.